The van der Waals surface area contributed by atoms with Gasteiger partial charge in [0.2, 0.25) is 0 Å². The van der Waals surface area contributed by atoms with Crippen LogP contribution < -0.4 is 4.90 Å². The number of anilines is 3. The van der Waals surface area contributed by atoms with Gasteiger partial charge < -0.3 is 4.90 Å². The zero-order chi connectivity index (χ0) is 33.0. The van der Waals surface area contributed by atoms with Crippen LogP contribution >= 0.6 is 11.3 Å². The standard InChI is InChI=1S/C48H31NS/c1-2-15-40(16-3-1)49(41-24-22-34(23-25-41)37-20-18-32-10-4-6-12-35(32)28-37)42-26-27-45-44(31-42)48-46(50-45)30-38-14-8-9-17-43(38)47(48)39-21-19-33-11-5-7-13-36(33)29-39/h1-31H. The van der Waals surface area contributed by atoms with Crippen molar-refractivity contribution in [2.24, 2.45) is 0 Å². The predicted molar refractivity (Wildman–Crippen MR) is 217 cm³/mol. The van der Waals surface area contributed by atoms with Gasteiger partial charge in [0.25, 0.3) is 0 Å². The average Bonchev–Trinajstić information content (AvgIpc) is 3.54. The van der Waals surface area contributed by atoms with Gasteiger partial charge in [-0.2, -0.15) is 0 Å². The molecule has 0 radical (unpaired) electrons. The molecular weight excluding hydrogens is 623 g/mol. The van der Waals surface area contributed by atoms with Crippen molar-refractivity contribution in [2.75, 3.05) is 4.90 Å². The van der Waals surface area contributed by atoms with Crippen LogP contribution in [0.25, 0.3) is 74.7 Å². The molecule has 0 aliphatic heterocycles. The highest BCUT2D eigenvalue weighted by atomic mass is 32.1. The summed E-state index contributed by atoms with van der Waals surface area (Å²) in [6.07, 6.45) is 0. The summed E-state index contributed by atoms with van der Waals surface area (Å²) < 4.78 is 2.60. The summed E-state index contributed by atoms with van der Waals surface area (Å²) in [5.41, 5.74) is 8.38. The van der Waals surface area contributed by atoms with Gasteiger partial charge in [0, 0.05) is 37.2 Å². The van der Waals surface area contributed by atoms with Gasteiger partial charge in [-0.05, 0) is 115 Å². The Bertz CT molecular complexity index is 2870. The van der Waals surface area contributed by atoms with Gasteiger partial charge in [-0.1, -0.05) is 127 Å². The van der Waals surface area contributed by atoms with Crippen molar-refractivity contribution in [1.29, 1.82) is 0 Å². The fourth-order valence-electron chi connectivity index (χ4n) is 7.57. The molecule has 1 nitrogen and oxygen atoms in total. The van der Waals surface area contributed by atoms with E-state index in [9.17, 15) is 0 Å². The lowest BCUT2D eigenvalue weighted by atomic mass is 9.92. The maximum atomic E-state index is 2.40. The van der Waals surface area contributed by atoms with Crippen molar-refractivity contribution in [3.05, 3.63) is 188 Å². The lowest BCUT2D eigenvalue weighted by Crippen LogP contribution is -2.09. The Morgan fingerprint density at radius 3 is 1.62 bits per heavy atom. The van der Waals surface area contributed by atoms with E-state index in [0.717, 1.165) is 17.1 Å². The fourth-order valence-corrected chi connectivity index (χ4v) is 8.71. The minimum absolute atomic E-state index is 1.12. The second-order valence-corrected chi connectivity index (χ2v) is 14.1. The molecule has 0 amide bonds. The van der Waals surface area contributed by atoms with Crippen molar-refractivity contribution >= 4 is 80.9 Å². The maximum absolute atomic E-state index is 2.40. The largest absolute Gasteiger partial charge is 0.310 e. The molecule has 1 aromatic heterocycles. The van der Waals surface area contributed by atoms with E-state index in [1.165, 1.54) is 74.7 Å². The summed E-state index contributed by atoms with van der Waals surface area (Å²) >= 11 is 1.88. The first-order valence-corrected chi connectivity index (χ1v) is 17.9. The molecule has 0 saturated carbocycles. The van der Waals surface area contributed by atoms with Gasteiger partial charge in [-0.25, -0.2) is 0 Å². The third-order valence-electron chi connectivity index (χ3n) is 9.98. The molecule has 234 valence electrons. The fraction of sp³-hybridized carbons (Fsp3) is 0. The average molecular weight is 654 g/mol. The van der Waals surface area contributed by atoms with Crippen LogP contribution in [0.4, 0.5) is 17.1 Å². The van der Waals surface area contributed by atoms with Gasteiger partial charge in [-0.15, -0.1) is 11.3 Å². The summed E-state index contributed by atoms with van der Waals surface area (Å²) in [5, 5.41) is 10.2. The van der Waals surface area contributed by atoms with Crippen molar-refractivity contribution < 1.29 is 0 Å². The number of rotatable bonds is 5. The number of fused-ring (bicyclic) bond motifs is 6. The summed E-state index contributed by atoms with van der Waals surface area (Å²) in [7, 11) is 0. The molecule has 1 heterocycles. The molecule has 2 heteroatoms. The van der Waals surface area contributed by atoms with Crippen LogP contribution in [0.5, 0.6) is 0 Å². The van der Waals surface area contributed by atoms with E-state index in [1.807, 2.05) is 11.3 Å². The second-order valence-electron chi connectivity index (χ2n) is 13.0. The lowest BCUT2D eigenvalue weighted by molar-refractivity contribution is 1.29. The third kappa shape index (κ3) is 4.84. The molecule has 0 unspecified atom stereocenters. The molecule has 0 atom stereocenters. The molecule has 0 saturated heterocycles. The van der Waals surface area contributed by atoms with Gasteiger partial charge in [0.05, 0.1) is 0 Å². The summed E-state index contributed by atoms with van der Waals surface area (Å²) in [5.74, 6) is 0. The zero-order valence-electron chi connectivity index (χ0n) is 27.3. The van der Waals surface area contributed by atoms with E-state index < -0.39 is 0 Å². The highest BCUT2D eigenvalue weighted by molar-refractivity contribution is 7.26. The first-order valence-electron chi connectivity index (χ1n) is 17.1. The monoisotopic (exact) mass is 653 g/mol. The molecule has 0 N–H and O–H groups in total. The number of para-hydroxylation sites is 1. The van der Waals surface area contributed by atoms with Crippen molar-refractivity contribution in [3.63, 3.8) is 0 Å². The van der Waals surface area contributed by atoms with Gasteiger partial charge in [0.15, 0.2) is 0 Å². The van der Waals surface area contributed by atoms with Crippen molar-refractivity contribution in [1.82, 2.24) is 0 Å². The van der Waals surface area contributed by atoms with Crippen molar-refractivity contribution in [2.45, 2.75) is 0 Å². The van der Waals surface area contributed by atoms with Crippen LogP contribution in [0.3, 0.4) is 0 Å². The highest BCUT2D eigenvalue weighted by Crippen LogP contribution is 2.47. The molecule has 0 spiro atoms. The third-order valence-corrected chi connectivity index (χ3v) is 11.1. The van der Waals surface area contributed by atoms with E-state index in [2.05, 4.69) is 193 Å². The van der Waals surface area contributed by atoms with Crippen LogP contribution in [0.15, 0.2) is 188 Å². The van der Waals surface area contributed by atoms with Gasteiger partial charge in [0.1, 0.15) is 0 Å². The Morgan fingerprint density at radius 2 is 0.880 bits per heavy atom. The first kappa shape index (κ1) is 28.8. The number of benzene rings is 9. The summed E-state index contributed by atoms with van der Waals surface area (Å²) in [4.78, 5) is 2.38. The van der Waals surface area contributed by atoms with E-state index in [4.69, 9.17) is 0 Å². The van der Waals surface area contributed by atoms with Gasteiger partial charge in [-0.3, -0.25) is 0 Å². The molecule has 10 rings (SSSR count). The minimum Gasteiger partial charge on any atom is -0.310 e. The van der Waals surface area contributed by atoms with Crippen LogP contribution in [-0.4, -0.2) is 0 Å². The molecule has 0 bridgehead atoms. The maximum Gasteiger partial charge on any atom is 0.0468 e. The van der Waals surface area contributed by atoms with Crippen LogP contribution in [0, 0.1) is 0 Å². The Hall–Kier alpha value is -6.22. The van der Waals surface area contributed by atoms with Crippen molar-refractivity contribution in [3.8, 4) is 22.3 Å². The van der Waals surface area contributed by atoms with E-state index in [1.54, 1.807) is 0 Å². The minimum atomic E-state index is 1.12. The van der Waals surface area contributed by atoms with Crippen LogP contribution in [-0.2, 0) is 0 Å². The van der Waals surface area contributed by atoms with Gasteiger partial charge >= 0.3 is 0 Å². The lowest BCUT2D eigenvalue weighted by Gasteiger charge is -2.26. The summed E-state index contributed by atoms with van der Waals surface area (Å²) in [6.45, 7) is 0. The first-order chi connectivity index (χ1) is 24.8. The smallest absolute Gasteiger partial charge is 0.0468 e. The van der Waals surface area contributed by atoms with E-state index in [0.29, 0.717) is 0 Å². The second kappa shape index (κ2) is 11.7. The Labute approximate surface area is 294 Å². The number of hydrogen-bond donors (Lipinski definition) is 0. The zero-order valence-corrected chi connectivity index (χ0v) is 28.1. The molecule has 0 fully saturated rings. The molecular formula is C48H31NS. The number of thiophene rings is 1. The van der Waals surface area contributed by atoms with E-state index in [-0.39, 0.29) is 0 Å². The normalized spacial score (nSPS) is 11.6. The highest BCUT2D eigenvalue weighted by Gasteiger charge is 2.19. The van der Waals surface area contributed by atoms with Crippen LogP contribution in [0.2, 0.25) is 0 Å². The number of nitrogens with zero attached hydrogens (tertiary/aromatic N) is 1. The predicted octanol–water partition coefficient (Wildman–Crippen LogP) is 14.3. The SMILES string of the molecule is c1ccc(N(c2ccc(-c3ccc4ccccc4c3)cc2)c2ccc3sc4cc5ccccc5c(-c5ccc6ccccc6c5)c4c3c2)cc1. The molecule has 50 heavy (non-hydrogen) atoms. The molecule has 0 aliphatic rings. The number of hydrogen-bond acceptors (Lipinski definition) is 2. The Balaban J connectivity index is 1.16. The quantitative estimate of drug-likeness (QED) is 0.179. The Kier molecular flexibility index (Phi) is 6.75. The van der Waals surface area contributed by atoms with E-state index >= 15 is 0 Å². The topological polar surface area (TPSA) is 3.24 Å². The van der Waals surface area contributed by atoms with Crippen LogP contribution in [0.1, 0.15) is 0 Å². The Morgan fingerprint density at radius 1 is 0.320 bits per heavy atom. The molecule has 0 aliphatic carbocycles. The summed E-state index contributed by atoms with van der Waals surface area (Å²) in [6, 6.07) is 68.7. The molecule has 9 aromatic carbocycles. The molecule has 10 aromatic rings.